The Morgan fingerprint density at radius 3 is 2.67 bits per heavy atom. The van der Waals surface area contributed by atoms with Crippen LogP contribution in [0.15, 0.2) is 35.4 Å². The van der Waals surface area contributed by atoms with Crippen molar-refractivity contribution in [3.05, 3.63) is 41.7 Å². The maximum Gasteiger partial charge on any atom is 0.0775 e. The molecule has 3 N–H and O–H groups in total. The zero-order valence-electron chi connectivity index (χ0n) is 10.5. The maximum absolute atomic E-state index is 5.59. The van der Waals surface area contributed by atoms with E-state index in [1.165, 1.54) is 10.5 Å². The lowest BCUT2D eigenvalue weighted by Crippen LogP contribution is -2.31. The van der Waals surface area contributed by atoms with Crippen LogP contribution in [0.4, 0.5) is 0 Å². The van der Waals surface area contributed by atoms with Crippen molar-refractivity contribution in [3.8, 4) is 0 Å². The van der Waals surface area contributed by atoms with Gasteiger partial charge in [0.1, 0.15) is 0 Å². The third-order valence-electron chi connectivity index (χ3n) is 2.75. The third kappa shape index (κ3) is 3.10. The van der Waals surface area contributed by atoms with Crippen molar-refractivity contribution in [3.63, 3.8) is 0 Å². The van der Waals surface area contributed by atoms with Crippen molar-refractivity contribution >= 4 is 11.8 Å². The Bertz CT molecular complexity index is 493. The van der Waals surface area contributed by atoms with Crippen molar-refractivity contribution in [2.45, 2.75) is 17.9 Å². The normalized spacial score (nSPS) is 12.6. The van der Waals surface area contributed by atoms with Gasteiger partial charge < -0.3 is 0 Å². The summed E-state index contributed by atoms with van der Waals surface area (Å²) in [4.78, 5) is 1.23. The Labute approximate surface area is 111 Å². The van der Waals surface area contributed by atoms with Gasteiger partial charge in [0.25, 0.3) is 0 Å². The van der Waals surface area contributed by atoms with Gasteiger partial charge in [-0.15, -0.1) is 16.9 Å². The number of nitrogens with zero attached hydrogens (tertiary/aromatic N) is 3. The highest BCUT2D eigenvalue weighted by atomic mass is 32.2. The van der Waals surface area contributed by atoms with E-state index in [0.29, 0.717) is 0 Å². The van der Waals surface area contributed by atoms with Gasteiger partial charge in [-0.1, -0.05) is 22.9 Å². The molecule has 2 rings (SSSR count). The molecule has 5 nitrogen and oxygen atoms in total. The molecule has 0 aliphatic carbocycles. The molecule has 1 unspecified atom stereocenters. The first-order chi connectivity index (χ1) is 8.70. The summed E-state index contributed by atoms with van der Waals surface area (Å²) in [5.74, 6) is 6.42. The van der Waals surface area contributed by atoms with Gasteiger partial charge in [0.15, 0.2) is 0 Å². The zero-order chi connectivity index (χ0) is 13.0. The van der Waals surface area contributed by atoms with Crippen LogP contribution in [0, 0.1) is 6.92 Å². The lowest BCUT2D eigenvalue weighted by molar-refractivity contribution is 0.551. The lowest BCUT2D eigenvalue weighted by Gasteiger charge is -2.14. The Balaban J connectivity index is 2.00. The molecule has 0 bridgehead atoms. The summed E-state index contributed by atoms with van der Waals surface area (Å²) in [6, 6.07) is 8.50. The molecule has 0 fully saturated rings. The van der Waals surface area contributed by atoms with E-state index in [9.17, 15) is 0 Å². The Kier molecular flexibility index (Phi) is 4.35. The number of rotatable bonds is 5. The summed E-state index contributed by atoms with van der Waals surface area (Å²) in [7, 11) is 1.86. The van der Waals surface area contributed by atoms with E-state index in [-0.39, 0.29) is 6.04 Å². The van der Waals surface area contributed by atoms with Crippen LogP contribution in [0.3, 0.4) is 0 Å². The predicted octanol–water partition coefficient (Wildman–Crippen LogP) is 1.42. The van der Waals surface area contributed by atoms with Crippen molar-refractivity contribution in [2.75, 3.05) is 5.75 Å². The standard InChI is InChI=1S/C12H17N5S/c1-9-3-5-10(6-4-9)18-8-11(15-13)12-7-14-16-17(12)2/h3-7,11,15H,8,13H2,1-2H3. The average molecular weight is 263 g/mol. The molecule has 1 aromatic carbocycles. The molecule has 1 atom stereocenters. The highest BCUT2D eigenvalue weighted by molar-refractivity contribution is 7.99. The summed E-state index contributed by atoms with van der Waals surface area (Å²) < 4.78 is 1.74. The van der Waals surface area contributed by atoms with Crippen LogP contribution in [0.1, 0.15) is 17.3 Å². The molecule has 1 heterocycles. The van der Waals surface area contributed by atoms with Crippen molar-refractivity contribution in [2.24, 2.45) is 12.9 Å². The number of aromatic nitrogens is 3. The van der Waals surface area contributed by atoms with Crippen molar-refractivity contribution in [1.29, 1.82) is 0 Å². The van der Waals surface area contributed by atoms with Gasteiger partial charge in [0.05, 0.1) is 17.9 Å². The molecule has 0 saturated carbocycles. The predicted molar refractivity (Wildman–Crippen MR) is 73.0 cm³/mol. The van der Waals surface area contributed by atoms with Crippen molar-refractivity contribution < 1.29 is 0 Å². The second kappa shape index (κ2) is 5.99. The van der Waals surface area contributed by atoms with E-state index >= 15 is 0 Å². The third-order valence-corrected chi connectivity index (χ3v) is 3.85. The van der Waals surface area contributed by atoms with E-state index < -0.39 is 0 Å². The highest BCUT2D eigenvalue weighted by Crippen LogP contribution is 2.23. The fraction of sp³-hybridized carbons (Fsp3) is 0.333. The molecule has 0 aliphatic heterocycles. The quantitative estimate of drug-likeness (QED) is 0.485. The minimum atomic E-state index is 0.0382. The Morgan fingerprint density at radius 1 is 1.39 bits per heavy atom. The van der Waals surface area contributed by atoms with E-state index in [1.807, 2.05) is 7.05 Å². The van der Waals surface area contributed by atoms with Gasteiger partial charge in [-0.05, 0) is 19.1 Å². The number of nitrogens with one attached hydrogen (secondary N) is 1. The summed E-state index contributed by atoms with van der Waals surface area (Å²) in [5.41, 5.74) is 5.06. The van der Waals surface area contributed by atoms with Gasteiger partial charge in [0.2, 0.25) is 0 Å². The second-order valence-corrected chi connectivity index (χ2v) is 5.22. The molecule has 6 heteroatoms. The molecular formula is C12H17N5S. The van der Waals surface area contributed by atoms with Gasteiger partial charge in [-0.2, -0.15) is 0 Å². The Morgan fingerprint density at radius 2 is 2.11 bits per heavy atom. The van der Waals surface area contributed by atoms with Crippen LogP contribution in [-0.4, -0.2) is 20.7 Å². The van der Waals surface area contributed by atoms with Crippen molar-refractivity contribution in [1.82, 2.24) is 20.4 Å². The van der Waals surface area contributed by atoms with E-state index in [4.69, 9.17) is 5.84 Å². The molecule has 2 aromatic rings. The smallest absolute Gasteiger partial charge is 0.0775 e. The molecule has 1 aromatic heterocycles. The minimum absolute atomic E-state index is 0.0382. The topological polar surface area (TPSA) is 68.8 Å². The van der Waals surface area contributed by atoms with E-state index in [0.717, 1.165) is 11.4 Å². The van der Waals surface area contributed by atoms with Gasteiger partial charge >= 0.3 is 0 Å². The van der Waals surface area contributed by atoms with Gasteiger partial charge in [0, 0.05) is 17.7 Å². The number of thioether (sulfide) groups is 1. The first-order valence-corrected chi connectivity index (χ1v) is 6.69. The molecule has 96 valence electrons. The summed E-state index contributed by atoms with van der Waals surface area (Å²) in [5, 5.41) is 7.78. The van der Waals surface area contributed by atoms with Crippen LogP contribution in [-0.2, 0) is 7.05 Å². The fourth-order valence-electron chi connectivity index (χ4n) is 1.65. The summed E-state index contributed by atoms with van der Waals surface area (Å²) in [6.45, 7) is 2.08. The SMILES string of the molecule is Cc1ccc(SCC(NN)c2cnnn2C)cc1. The largest absolute Gasteiger partial charge is 0.271 e. The first kappa shape index (κ1) is 13.1. The van der Waals surface area contributed by atoms with Crippen LogP contribution in [0.2, 0.25) is 0 Å². The van der Waals surface area contributed by atoms with Crippen LogP contribution in [0.5, 0.6) is 0 Å². The van der Waals surface area contributed by atoms with Gasteiger partial charge in [-0.3, -0.25) is 16.0 Å². The summed E-state index contributed by atoms with van der Waals surface area (Å²) in [6.07, 6.45) is 1.74. The minimum Gasteiger partial charge on any atom is -0.271 e. The molecule has 0 spiro atoms. The van der Waals surface area contributed by atoms with Crippen LogP contribution in [0.25, 0.3) is 0 Å². The molecule has 0 aliphatic rings. The molecule has 18 heavy (non-hydrogen) atoms. The highest BCUT2D eigenvalue weighted by Gasteiger charge is 2.14. The molecule has 0 radical (unpaired) electrons. The lowest BCUT2D eigenvalue weighted by atomic mass is 10.2. The van der Waals surface area contributed by atoms with Crippen LogP contribution >= 0.6 is 11.8 Å². The van der Waals surface area contributed by atoms with Crippen LogP contribution < -0.4 is 11.3 Å². The average Bonchev–Trinajstić information content (AvgIpc) is 2.79. The Hall–Kier alpha value is -1.37. The number of nitrogens with two attached hydrogens (primary N) is 1. The monoisotopic (exact) mass is 263 g/mol. The van der Waals surface area contributed by atoms with Gasteiger partial charge in [-0.25, -0.2) is 0 Å². The zero-order valence-corrected chi connectivity index (χ0v) is 11.3. The number of hydrogen-bond donors (Lipinski definition) is 2. The summed E-state index contributed by atoms with van der Waals surface area (Å²) >= 11 is 1.76. The fourth-order valence-corrected chi connectivity index (χ4v) is 2.60. The van der Waals surface area contributed by atoms with E-state index in [1.54, 1.807) is 22.6 Å². The number of hydrazine groups is 1. The van der Waals surface area contributed by atoms with E-state index in [2.05, 4.69) is 46.9 Å². The molecule has 0 amide bonds. The number of aryl methyl sites for hydroxylation is 2. The maximum atomic E-state index is 5.59. The number of benzene rings is 1. The second-order valence-electron chi connectivity index (χ2n) is 4.13. The molecular weight excluding hydrogens is 246 g/mol. The number of hydrogen-bond acceptors (Lipinski definition) is 5. The molecule has 0 saturated heterocycles. The first-order valence-electron chi connectivity index (χ1n) is 5.71.